The monoisotopic (exact) mass is 558 g/mol. The fourth-order valence-corrected chi connectivity index (χ4v) is 2.99. The third-order valence-electron chi connectivity index (χ3n) is 4.76. The van der Waals surface area contributed by atoms with Crippen LogP contribution in [-0.2, 0) is 19.1 Å². The van der Waals surface area contributed by atoms with Crippen LogP contribution in [0.4, 0.5) is 5.82 Å². The summed E-state index contributed by atoms with van der Waals surface area (Å²) in [6.07, 6.45) is 2.82. The number of nitrogens with zero attached hydrogens (tertiary/aromatic N) is 3. The Morgan fingerprint density at radius 3 is 2.57 bits per heavy atom. The Bertz CT molecular complexity index is 932. The summed E-state index contributed by atoms with van der Waals surface area (Å²) in [6, 6.07) is 0.136. The normalized spacial score (nSPS) is 19.1. The largest absolute Gasteiger partial charge is 0.464 e. The maximum absolute atomic E-state index is 12.5. The molecule has 0 unspecified atom stereocenters. The maximum atomic E-state index is 12.5. The van der Waals surface area contributed by atoms with E-state index in [1.165, 1.54) is 27.8 Å². The molecule has 0 fully saturated rings. The first-order valence-electron chi connectivity index (χ1n) is 10.1. The number of ether oxygens (including phenoxy) is 2. The summed E-state index contributed by atoms with van der Waals surface area (Å²) in [5, 5.41) is 10.1. The molecule has 2 heterocycles. The fraction of sp³-hybridized carbons (Fsp3) is 0.526. The van der Waals surface area contributed by atoms with Crippen LogP contribution in [0.5, 0.6) is 0 Å². The van der Waals surface area contributed by atoms with Crippen LogP contribution in [0.3, 0.4) is 0 Å². The average Bonchev–Trinajstić information content (AvgIpc) is 2.72. The minimum Gasteiger partial charge on any atom is -0.464 e. The van der Waals surface area contributed by atoms with Gasteiger partial charge in [0.2, 0.25) is 5.91 Å². The minimum atomic E-state index is -1.18. The minimum absolute atomic E-state index is 0. The number of halogens is 3. The van der Waals surface area contributed by atoms with E-state index in [1.54, 1.807) is 20.0 Å². The van der Waals surface area contributed by atoms with E-state index in [9.17, 15) is 14.4 Å². The predicted octanol–water partition coefficient (Wildman–Crippen LogP) is -0.475. The molecule has 0 aliphatic carbocycles. The molecule has 0 bridgehead atoms. The molecule has 13 nitrogen and oxygen atoms in total. The summed E-state index contributed by atoms with van der Waals surface area (Å²) in [7, 11) is 1.65. The van der Waals surface area contributed by atoms with Gasteiger partial charge in [-0.3, -0.25) is 14.8 Å². The van der Waals surface area contributed by atoms with Crippen molar-refractivity contribution in [3.8, 4) is 0 Å². The van der Waals surface area contributed by atoms with Crippen molar-refractivity contribution in [3.05, 3.63) is 34.9 Å². The molecule has 0 saturated carbocycles. The number of aromatic nitrogens is 2. The maximum Gasteiger partial charge on any atom is 0.351 e. The van der Waals surface area contributed by atoms with Crippen LogP contribution in [0.15, 0.2) is 29.2 Å². The summed E-state index contributed by atoms with van der Waals surface area (Å²) in [4.78, 5) is 42.2. The number of rotatable bonds is 9. The van der Waals surface area contributed by atoms with E-state index in [-0.39, 0.29) is 67.9 Å². The molecule has 0 radical (unpaired) electrons. The van der Waals surface area contributed by atoms with E-state index in [0.717, 1.165) is 0 Å². The highest BCUT2D eigenvalue weighted by Crippen LogP contribution is 2.21. The van der Waals surface area contributed by atoms with Gasteiger partial charge in [-0.15, -0.1) is 37.2 Å². The molecule has 0 spiro atoms. The SMILES string of the molecule is CCOC(=O)[C@H]1O[C@@H](n2ccc(N)nc2=O)C=C[C@@H]1NC(=O)C[C@@H](N)CCN(C)C(=N)N.Cl.Cl.Cl. The number of nitrogens with two attached hydrogens (primary N) is 3. The number of amides is 1. The van der Waals surface area contributed by atoms with Gasteiger partial charge in [-0.25, -0.2) is 9.59 Å². The Morgan fingerprint density at radius 2 is 2.00 bits per heavy atom. The number of nitrogens with one attached hydrogen (secondary N) is 2. The van der Waals surface area contributed by atoms with Crippen molar-refractivity contribution < 1.29 is 19.1 Å². The molecule has 1 amide bonds. The first-order chi connectivity index (χ1) is 15.1. The zero-order valence-electron chi connectivity index (χ0n) is 19.3. The van der Waals surface area contributed by atoms with E-state index in [1.807, 2.05) is 0 Å². The van der Waals surface area contributed by atoms with Gasteiger partial charge in [0, 0.05) is 32.3 Å². The van der Waals surface area contributed by atoms with Gasteiger partial charge in [-0.1, -0.05) is 6.08 Å². The smallest absolute Gasteiger partial charge is 0.351 e. The van der Waals surface area contributed by atoms with Crippen LogP contribution in [0.1, 0.15) is 26.0 Å². The van der Waals surface area contributed by atoms with E-state index in [2.05, 4.69) is 10.3 Å². The van der Waals surface area contributed by atoms with E-state index >= 15 is 0 Å². The molecule has 4 atom stereocenters. The van der Waals surface area contributed by atoms with Gasteiger partial charge in [0.25, 0.3) is 0 Å². The summed E-state index contributed by atoms with van der Waals surface area (Å²) in [5.41, 5.74) is 16.2. The van der Waals surface area contributed by atoms with Gasteiger partial charge >= 0.3 is 11.7 Å². The van der Waals surface area contributed by atoms with Crippen molar-refractivity contribution in [2.75, 3.05) is 25.9 Å². The Morgan fingerprint density at radius 1 is 1.34 bits per heavy atom. The average molecular weight is 560 g/mol. The fourth-order valence-electron chi connectivity index (χ4n) is 2.99. The first kappa shape index (κ1) is 34.6. The lowest BCUT2D eigenvalue weighted by molar-refractivity contribution is -0.165. The molecule has 16 heteroatoms. The molecule has 0 saturated heterocycles. The highest BCUT2D eigenvalue weighted by molar-refractivity contribution is 5.86. The Labute approximate surface area is 221 Å². The zero-order valence-corrected chi connectivity index (χ0v) is 21.7. The van der Waals surface area contributed by atoms with Gasteiger partial charge < -0.3 is 36.9 Å². The third-order valence-corrected chi connectivity index (χ3v) is 4.76. The number of carbonyl (C=O) groups is 2. The van der Waals surface area contributed by atoms with Crippen molar-refractivity contribution in [2.45, 2.75) is 44.2 Å². The van der Waals surface area contributed by atoms with Crippen LogP contribution >= 0.6 is 37.2 Å². The quantitative estimate of drug-likeness (QED) is 0.114. The lowest BCUT2D eigenvalue weighted by Crippen LogP contribution is -2.51. The molecule has 1 aliphatic heterocycles. The van der Waals surface area contributed by atoms with Crippen molar-refractivity contribution in [3.63, 3.8) is 0 Å². The number of esters is 1. The van der Waals surface area contributed by atoms with Crippen LogP contribution in [0.25, 0.3) is 0 Å². The lowest BCUT2D eigenvalue weighted by atomic mass is 10.1. The van der Waals surface area contributed by atoms with Gasteiger partial charge in [0.1, 0.15) is 5.82 Å². The highest BCUT2D eigenvalue weighted by atomic mass is 35.5. The highest BCUT2D eigenvalue weighted by Gasteiger charge is 2.36. The Hall–Kier alpha value is -2.58. The topological polar surface area (TPSA) is 205 Å². The molecule has 1 aromatic heterocycles. The second-order valence-electron chi connectivity index (χ2n) is 7.28. The molecule has 200 valence electrons. The number of carbonyl (C=O) groups excluding carboxylic acids is 2. The van der Waals surface area contributed by atoms with E-state index < -0.39 is 36.1 Å². The number of nitrogen functional groups attached to an aromatic ring is 1. The van der Waals surface area contributed by atoms with Gasteiger partial charge in [-0.05, 0) is 25.5 Å². The zero-order chi connectivity index (χ0) is 23.8. The summed E-state index contributed by atoms with van der Waals surface area (Å²) < 4.78 is 12.0. The van der Waals surface area contributed by atoms with Gasteiger partial charge in [0.05, 0.1) is 12.6 Å². The summed E-state index contributed by atoms with van der Waals surface area (Å²) in [5.74, 6) is -1.10. The second-order valence-corrected chi connectivity index (χ2v) is 7.28. The molecular weight excluding hydrogens is 527 g/mol. The van der Waals surface area contributed by atoms with Crippen LogP contribution in [0, 0.1) is 5.41 Å². The van der Waals surface area contributed by atoms with Crippen molar-refractivity contribution in [1.82, 2.24) is 19.8 Å². The third kappa shape index (κ3) is 10.3. The van der Waals surface area contributed by atoms with Crippen molar-refractivity contribution in [2.24, 2.45) is 11.5 Å². The number of hydrogen-bond acceptors (Lipinski definition) is 9. The molecular formula is C19H33Cl3N8O5. The summed E-state index contributed by atoms with van der Waals surface area (Å²) >= 11 is 0. The molecule has 35 heavy (non-hydrogen) atoms. The number of anilines is 1. The molecule has 1 aliphatic rings. The van der Waals surface area contributed by atoms with E-state index in [0.29, 0.717) is 13.0 Å². The standard InChI is InChI=1S/C19H30N8O5.3ClH/c1-3-31-17(29)16-12(24-14(28)10-11(20)6-8-26(2)18(22)23)4-5-15(32-16)27-9-7-13(21)25-19(27)30;;;/h4-5,7,9,11-12,15-16H,3,6,8,10,20H2,1-2H3,(H3,22,23)(H,24,28)(H2,21,25,30);3*1H/t11-,12-,15+,16-;;;/m0.../s1. The Kier molecular flexibility index (Phi) is 16.0. The predicted molar refractivity (Wildman–Crippen MR) is 138 cm³/mol. The molecule has 0 aromatic carbocycles. The lowest BCUT2D eigenvalue weighted by Gasteiger charge is -2.32. The van der Waals surface area contributed by atoms with Gasteiger partial charge in [0.15, 0.2) is 18.3 Å². The van der Waals surface area contributed by atoms with Crippen LogP contribution in [-0.4, -0.2) is 70.7 Å². The Balaban J connectivity index is 0. The molecule has 2 rings (SSSR count). The molecule has 1 aromatic rings. The number of guanidine groups is 1. The number of hydrogen-bond donors (Lipinski definition) is 5. The van der Waals surface area contributed by atoms with Crippen molar-refractivity contribution in [1.29, 1.82) is 5.41 Å². The van der Waals surface area contributed by atoms with Crippen molar-refractivity contribution >= 4 is 60.9 Å². The van der Waals surface area contributed by atoms with Crippen LogP contribution < -0.4 is 28.2 Å². The van der Waals surface area contributed by atoms with Gasteiger partial charge in [-0.2, -0.15) is 4.98 Å². The van der Waals surface area contributed by atoms with E-state index in [4.69, 9.17) is 32.1 Å². The molecule has 8 N–H and O–H groups in total. The summed E-state index contributed by atoms with van der Waals surface area (Å²) in [6.45, 7) is 2.19. The van der Waals surface area contributed by atoms with Crippen LogP contribution in [0.2, 0.25) is 0 Å². The first-order valence-corrected chi connectivity index (χ1v) is 10.1. The second kappa shape index (κ2) is 16.2.